The number of nitrogens with two attached hydrogens (primary N) is 1. The molecule has 0 saturated heterocycles. The van der Waals surface area contributed by atoms with Crippen molar-refractivity contribution in [2.75, 3.05) is 19.4 Å². The maximum Gasteiger partial charge on any atom is 0.308 e. The largest absolute Gasteiger partial charge is 0.469 e. The Kier molecular flexibility index (Phi) is 5.64. The van der Waals surface area contributed by atoms with Crippen molar-refractivity contribution in [3.8, 4) is 0 Å². The van der Waals surface area contributed by atoms with Crippen LogP contribution in [0.3, 0.4) is 0 Å². The molecule has 23 heavy (non-hydrogen) atoms. The van der Waals surface area contributed by atoms with Crippen LogP contribution in [0.4, 0.5) is 5.69 Å². The summed E-state index contributed by atoms with van der Waals surface area (Å²) in [6.45, 7) is 4.52. The van der Waals surface area contributed by atoms with E-state index in [9.17, 15) is 9.59 Å². The molecule has 5 nitrogen and oxygen atoms in total. The van der Waals surface area contributed by atoms with Crippen LogP contribution in [0.15, 0.2) is 12.1 Å². The molecule has 0 spiro atoms. The number of anilines is 1. The Morgan fingerprint density at radius 2 is 1.87 bits per heavy atom. The van der Waals surface area contributed by atoms with E-state index in [1.807, 2.05) is 19.9 Å². The summed E-state index contributed by atoms with van der Waals surface area (Å²) in [5, 5.41) is 3.00. The summed E-state index contributed by atoms with van der Waals surface area (Å²) in [4.78, 5) is 24.0. The zero-order valence-electron chi connectivity index (χ0n) is 14.1. The number of nitrogen functional groups attached to an aromatic ring is 1. The van der Waals surface area contributed by atoms with Crippen LogP contribution in [0.2, 0.25) is 0 Å². The number of methoxy groups -OCH3 is 1. The van der Waals surface area contributed by atoms with Crippen molar-refractivity contribution in [2.45, 2.75) is 39.5 Å². The number of ether oxygens (including phenoxy) is 1. The third kappa shape index (κ3) is 4.03. The van der Waals surface area contributed by atoms with Crippen molar-refractivity contribution in [3.05, 3.63) is 28.8 Å². The standard InChI is InChI=1S/C18H26N2O3/c1-11-4-9-15(19)16(12(11)2)17(21)20-10-13-5-7-14(8-6-13)18(22)23-3/h4,9,13-14H,5-8,10,19H2,1-3H3,(H,20,21)/t13-,14-. The van der Waals surface area contributed by atoms with E-state index in [0.717, 1.165) is 36.8 Å². The molecule has 1 aromatic rings. The van der Waals surface area contributed by atoms with Crippen molar-refractivity contribution in [1.29, 1.82) is 0 Å². The van der Waals surface area contributed by atoms with Gasteiger partial charge in [-0.05, 0) is 62.6 Å². The molecule has 1 saturated carbocycles. The number of rotatable bonds is 4. The molecule has 0 bridgehead atoms. The molecular weight excluding hydrogens is 292 g/mol. The molecule has 0 radical (unpaired) electrons. The first-order valence-electron chi connectivity index (χ1n) is 8.15. The molecule has 5 heteroatoms. The van der Waals surface area contributed by atoms with E-state index in [1.165, 1.54) is 7.11 Å². The Labute approximate surface area is 137 Å². The summed E-state index contributed by atoms with van der Waals surface area (Å²) in [6, 6.07) is 3.70. The second kappa shape index (κ2) is 7.49. The van der Waals surface area contributed by atoms with Gasteiger partial charge >= 0.3 is 5.97 Å². The van der Waals surface area contributed by atoms with Crippen LogP contribution in [0.1, 0.15) is 47.2 Å². The summed E-state index contributed by atoms with van der Waals surface area (Å²) >= 11 is 0. The highest BCUT2D eigenvalue weighted by molar-refractivity contribution is 6.00. The normalized spacial score (nSPS) is 20.8. The third-order valence-electron chi connectivity index (χ3n) is 4.93. The predicted octanol–water partition coefficient (Wildman–Crippen LogP) is 2.59. The summed E-state index contributed by atoms with van der Waals surface area (Å²) in [5.74, 6) is 0.197. The average Bonchev–Trinajstić information content (AvgIpc) is 2.56. The van der Waals surface area contributed by atoms with E-state index >= 15 is 0 Å². The lowest BCUT2D eigenvalue weighted by Gasteiger charge is -2.27. The zero-order valence-corrected chi connectivity index (χ0v) is 14.1. The first-order valence-corrected chi connectivity index (χ1v) is 8.15. The summed E-state index contributed by atoms with van der Waals surface area (Å²) in [7, 11) is 1.43. The van der Waals surface area contributed by atoms with E-state index in [1.54, 1.807) is 6.07 Å². The molecule has 1 aliphatic carbocycles. The fourth-order valence-electron chi connectivity index (χ4n) is 3.23. The van der Waals surface area contributed by atoms with Gasteiger partial charge in [0.1, 0.15) is 0 Å². The van der Waals surface area contributed by atoms with Crippen LogP contribution in [-0.2, 0) is 9.53 Å². The van der Waals surface area contributed by atoms with Crippen LogP contribution < -0.4 is 11.1 Å². The summed E-state index contributed by atoms with van der Waals surface area (Å²) in [5.41, 5.74) is 9.03. The van der Waals surface area contributed by atoms with Gasteiger partial charge in [0.25, 0.3) is 5.91 Å². The van der Waals surface area contributed by atoms with Gasteiger partial charge < -0.3 is 15.8 Å². The van der Waals surface area contributed by atoms with Gasteiger partial charge in [-0.2, -0.15) is 0 Å². The maximum absolute atomic E-state index is 12.4. The van der Waals surface area contributed by atoms with E-state index < -0.39 is 0 Å². The Balaban J connectivity index is 1.89. The minimum atomic E-state index is -0.115. The smallest absolute Gasteiger partial charge is 0.308 e. The quantitative estimate of drug-likeness (QED) is 0.660. The molecule has 0 aromatic heterocycles. The molecular formula is C18H26N2O3. The lowest BCUT2D eigenvalue weighted by Crippen LogP contribution is -2.33. The molecule has 1 amide bonds. The Morgan fingerprint density at radius 3 is 2.48 bits per heavy atom. The average molecular weight is 318 g/mol. The Morgan fingerprint density at radius 1 is 1.22 bits per heavy atom. The van der Waals surface area contributed by atoms with Gasteiger partial charge in [-0.25, -0.2) is 0 Å². The summed E-state index contributed by atoms with van der Waals surface area (Å²) < 4.78 is 4.80. The second-order valence-electron chi connectivity index (χ2n) is 6.42. The predicted molar refractivity (Wildman–Crippen MR) is 90.1 cm³/mol. The van der Waals surface area contributed by atoms with E-state index in [4.69, 9.17) is 10.5 Å². The number of benzene rings is 1. The van der Waals surface area contributed by atoms with Crippen molar-refractivity contribution in [2.24, 2.45) is 11.8 Å². The number of esters is 1. The Bertz CT molecular complexity index is 590. The van der Waals surface area contributed by atoms with Crippen LogP contribution in [0.5, 0.6) is 0 Å². The minimum absolute atomic E-state index is 0.0154. The SMILES string of the molecule is COC(=O)[C@H]1CC[C@H](CNC(=O)c2c(N)ccc(C)c2C)CC1. The van der Waals surface area contributed by atoms with E-state index in [2.05, 4.69) is 5.32 Å². The maximum atomic E-state index is 12.4. The molecule has 0 atom stereocenters. The van der Waals surface area contributed by atoms with Gasteiger partial charge in [-0.1, -0.05) is 6.07 Å². The molecule has 2 rings (SSSR count). The van der Waals surface area contributed by atoms with Crippen LogP contribution in [-0.4, -0.2) is 25.5 Å². The van der Waals surface area contributed by atoms with Crippen LogP contribution in [0.25, 0.3) is 0 Å². The monoisotopic (exact) mass is 318 g/mol. The zero-order chi connectivity index (χ0) is 17.0. The third-order valence-corrected chi connectivity index (χ3v) is 4.93. The van der Waals surface area contributed by atoms with E-state index in [0.29, 0.717) is 23.7 Å². The fourth-order valence-corrected chi connectivity index (χ4v) is 3.23. The lowest BCUT2D eigenvalue weighted by atomic mass is 9.82. The highest BCUT2D eigenvalue weighted by atomic mass is 16.5. The van der Waals surface area contributed by atoms with Gasteiger partial charge in [0.05, 0.1) is 18.6 Å². The molecule has 1 fully saturated rings. The van der Waals surface area contributed by atoms with Crippen molar-refractivity contribution in [3.63, 3.8) is 0 Å². The highest BCUT2D eigenvalue weighted by Gasteiger charge is 2.27. The molecule has 0 aliphatic heterocycles. The second-order valence-corrected chi connectivity index (χ2v) is 6.42. The van der Waals surface area contributed by atoms with Crippen LogP contribution >= 0.6 is 0 Å². The molecule has 1 aliphatic rings. The summed E-state index contributed by atoms with van der Waals surface area (Å²) in [6.07, 6.45) is 3.53. The first-order chi connectivity index (χ1) is 10.9. The number of aryl methyl sites for hydroxylation is 1. The molecule has 3 N–H and O–H groups in total. The Hall–Kier alpha value is -2.04. The number of carbonyl (C=O) groups excluding carboxylic acids is 2. The number of carbonyl (C=O) groups is 2. The van der Waals surface area contributed by atoms with Crippen molar-refractivity contribution < 1.29 is 14.3 Å². The number of amides is 1. The molecule has 0 heterocycles. The van der Waals surface area contributed by atoms with E-state index in [-0.39, 0.29) is 17.8 Å². The van der Waals surface area contributed by atoms with Gasteiger partial charge in [-0.3, -0.25) is 9.59 Å². The molecule has 0 unspecified atom stereocenters. The minimum Gasteiger partial charge on any atom is -0.469 e. The lowest BCUT2D eigenvalue weighted by molar-refractivity contribution is -0.146. The topological polar surface area (TPSA) is 81.4 Å². The highest BCUT2D eigenvalue weighted by Crippen LogP contribution is 2.29. The molecule has 1 aromatic carbocycles. The van der Waals surface area contributed by atoms with Crippen molar-refractivity contribution in [1.82, 2.24) is 5.32 Å². The first kappa shape index (κ1) is 17.3. The number of nitrogens with one attached hydrogen (secondary N) is 1. The number of hydrogen-bond acceptors (Lipinski definition) is 4. The van der Waals surface area contributed by atoms with Gasteiger partial charge in [0.15, 0.2) is 0 Å². The number of hydrogen-bond donors (Lipinski definition) is 2. The fraction of sp³-hybridized carbons (Fsp3) is 0.556. The molecule has 126 valence electrons. The van der Waals surface area contributed by atoms with Crippen molar-refractivity contribution >= 4 is 17.6 Å². The van der Waals surface area contributed by atoms with Gasteiger partial charge in [0.2, 0.25) is 0 Å². The van der Waals surface area contributed by atoms with Gasteiger partial charge in [0, 0.05) is 12.2 Å². The van der Waals surface area contributed by atoms with Crippen LogP contribution in [0, 0.1) is 25.7 Å². The van der Waals surface area contributed by atoms with Gasteiger partial charge in [-0.15, -0.1) is 0 Å².